The molecule has 0 bridgehead atoms. The van der Waals surface area contributed by atoms with E-state index in [0.717, 1.165) is 0 Å². The summed E-state index contributed by atoms with van der Waals surface area (Å²) in [6.45, 7) is 4.61. The Morgan fingerprint density at radius 2 is 1.93 bits per heavy atom. The van der Waals surface area contributed by atoms with Gasteiger partial charge in [0.25, 0.3) is 0 Å². The molecule has 0 aliphatic rings. The summed E-state index contributed by atoms with van der Waals surface area (Å²) >= 11 is 0. The zero-order chi connectivity index (χ0) is 11.6. The Labute approximate surface area is 90.3 Å². The second-order valence-electron chi connectivity index (χ2n) is 3.03. The average molecular weight is 220 g/mol. The summed E-state index contributed by atoms with van der Waals surface area (Å²) in [5.74, 6) is -1.31. The van der Waals surface area contributed by atoms with E-state index in [2.05, 4.69) is 6.58 Å². The van der Waals surface area contributed by atoms with Crippen LogP contribution in [0.5, 0.6) is 0 Å². The normalized spacial score (nSPS) is 14.9. The van der Waals surface area contributed by atoms with Gasteiger partial charge in [-0.15, -0.1) is 6.58 Å². The molecule has 0 spiro atoms. The molecule has 0 heterocycles. The fourth-order valence-electron chi connectivity index (χ4n) is 0.943. The van der Waals surface area contributed by atoms with Gasteiger partial charge in [-0.3, -0.25) is 0 Å². The van der Waals surface area contributed by atoms with Crippen LogP contribution < -0.4 is 0 Å². The van der Waals surface area contributed by atoms with Crippen molar-refractivity contribution in [1.29, 1.82) is 0 Å². The van der Waals surface area contributed by atoms with Gasteiger partial charge in [-0.05, 0) is 0 Å². The van der Waals surface area contributed by atoms with E-state index in [-0.39, 0.29) is 13.2 Å². The number of hydrogen-bond donors (Lipinski definition) is 2. The van der Waals surface area contributed by atoms with Crippen LogP contribution in [0, 0.1) is 0 Å². The summed E-state index contributed by atoms with van der Waals surface area (Å²) in [5.41, 5.74) is 0. The predicted molar refractivity (Wildman–Crippen MR) is 55.5 cm³/mol. The van der Waals surface area contributed by atoms with Crippen molar-refractivity contribution in [2.45, 2.75) is 12.2 Å². The van der Waals surface area contributed by atoms with Crippen molar-refractivity contribution in [3.8, 4) is 0 Å². The largest absolute Gasteiger partial charge is 0.394 e. The minimum atomic E-state index is -1.31. The van der Waals surface area contributed by atoms with E-state index < -0.39 is 5.79 Å². The molecular weight excluding hydrogens is 200 g/mol. The lowest BCUT2D eigenvalue weighted by atomic mass is 10.2. The van der Waals surface area contributed by atoms with Crippen molar-refractivity contribution in [1.82, 2.24) is 0 Å². The first-order chi connectivity index (χ1) is 7.18. The summed E-state index contributed by atoms with van der Waals surface area (Å²) in [6, 6.07) is 0. The molecule has 1 unspecified atom stereocenters. The summed E-state index contributed by atoms with van der Waals surface area (Å²) in [6.07, 6.45) is 1.87. The first-order valence-electron chi connectivity index (χ1n) is 4.83. The van der Waals surface area contributed by atoms with E-state index in [1.807, 2.05) is 0 Å². The summed E-state index contributed by atoms with van der Waals surface area (Å²) in [7, 11) is 1.41. The minimum Gasteiger partial charge on any atom is -0.394 e. The summed E-state index contributed by atoms with van der Waals surface area (Å²) < 4.78 is 15.0. The standard InChI is InChI=1S/C10H20O5/c1-3-4-10(12,13-2)9-15-8-7-14-6-5-11/h3,11-12H,1,4-9H2,2H3. The number of aliphatic hydroxyl groups excluding tert-OH is 1. The highest BCUT2D eigenvalue weighted by molar-refractivity contribution is 4.78. The molecule has 0 saturated carbocycles. The van der Waals surface area contributed by atoms with E-state index in [4.69, 9.17) is 19.3 Å². The van der Waals surface area contributed by atoms with E-state index >= 15 is 0 Å². The number of ether oxygens (including phenoxy) is 3. The minimum absolute atomic E-state index is 0.00152. The highest BCUT2D eigenvalue weighted by atomic mass is 16.6. The van der Waals surface area contributed by atoms with Crippen molar-refractivity contribution in [3.63, 3.8) is 0 Å². The Bertz CT molecular complexity index is 162. The molecule has 0 aliphatic carbocycles. The van der Waals surface area contributed by atoms with Crippen molar-refractivity contribution in [3.05, 3.63) is 12.7 Å². The topological polar surface area (TPSA) is 68.2 Å². The molecule has 15 heavy (non-hydrogen) atoms. The van der Waals surface area contributed by atoms with Gasteiger partial charge in [-0.25, -0.2) is 0 Å². The van der Waals surface area contributed by atoms with Gasteiger partial charge in [0, 0.05) is 13.5 Å². The van der Waals surface area contributed by atoms with Gasteiger partial charge < -0.3 is 24.4 Å². The zero-order valence-electron chi connectivity index (χ0n) is 9.15. The fourth-order valence-corrected chi connectivity index (χ4v) is 0.943. The van der Waals surface area contributed by atoms with Crippen LogP contribution in [0.4, 0.5) is 0 Å². The van der Waals surface area contributed by atoms with Gasteiger partial charge >= 0.3 is 0 Å². The van der Waals surface area contributed by atoms with E-state index in [1.165, 1.54) is 7.11 Å². The molecule has 0 radical (unpaired) electrons. The molecule has 2 N–H and O–H groups in total. The fraction of sp³-hybridized carbons (Fsp3) is 0.800. The molecule has 5 heteroatoms. The first kappa shape index (κ1) is 14.5. The highest BCUT2D eigenvalue weighted by Gasteiger charge is 2.24. The molecule has 0 aliphatic heterocycles. The molecule has 0 amide bonds. The maximum absolute atomic E-state index is 9.72. The maximum Gasteiger partial charge on any atom is 0.192 e. The third-order valence-electron chi connectivity index (χ3n) is 1.78. The average Bonchev–Trinajstić information content (AvgIpc) is 2.24. The van der Waals surface area contributed by atoms with Gasteiger partial charge in [-0.2, -0.15) is 0 Å². The van der Waals surface area contributed by atoms with Gasteiger partial charge in [-0.1, -0.05) is 6.08 Å². The molecular formula is C10H20O5. The zero-order valence-corrected chi connectivity index (χ0v) is 9.15. The Morgan fingerprint density at radius 1 is 1.27 bits per heavy atom. The van der Waals surface area contributed by atoms with E-state index in [9.17, 15) is 5.11 Å². The predicted octanol–water partition coefficient (Wildman–Crippen LogP) is -0.0770. The van der Waals surface area contributed by atoms with Gasteiger partial charge in [0.1, 0.15) is 6.61 Å². The highest BCUT2D eigenvalue weighted by Crippen LogP contribution is 2.11. The Kier molecular flexibility index (Phi) is 8.55. The van der Waals surface area contributed by atoms with Gasteiger partial charge in [0.05, 0.1) is 26.4 Å². The van der Waals surface area contributed by atoms with Crippen LogP contribution in [0.2, 0.25) is 0 Å². The number of rotatable bonds is 10. The third kappa shape index (κ3) is 7.47. The molecule has 5 nitrogen and oxygen atoms in total. The van der Waals surface area contributed by atoms with Crippen LogP contribution in [-0.2, 0) is 14.2 Å². The van der Waals surface area contributed by atoms with Crippen LogP contribution in [0.1, 0.15) is 6.42 Å². The molecule has 0 fully saturated rings. The van der Waals surface area contributed by atoms with E-state index in [1.54, 1.807) is 6.08 Å². The van der Waals surface area contributed by atoms with Crippen molar-refractivity contribution in [2.24, 2.45) is 0 Å². The Hall–Kier alpha value is -0.460. The first-order valence-corrected chi connectivity index (χ1v) is 4.83. The lowest BCUT2D eigenvalue weighted by Gasteiger charge is -2.24. The molecule has 0 aromatic carbocycles. The smallest absolute Gasteiger partial charge is 0.192 e. The number of aliphatic hydroxyl groups is 2. The molecule has 90 valence electrons. The van der Waals surface area contributed by atoms with Crippen LogP contribution in [0.25, 0.3) is 0 Å². The lowest BCUT2D eigenvalue weighted by molar-refractivity contribution is -0.216. The molecule has 1 atom stereocenters. The SMILES string of the molecule is C=CCC(O)(COCCOCCO)OC. The number of hydrogen-bond acceptors (Lipinski definition) is 5. The van der Waals surface area contributed by atoms with Gasteiger partial charge in [0.15, 0.2) is 5.79 Å². The molecule has 0 saturated heterocycles. The Balaban J connectivity index is 3.50. The lowest BCUT2D eigenvalue weighted by Crippen LogP contribution is -2.36. The summed E-state index contributed by atoms with van der Waals surface area (Å²) in [4.78, 5) is 0. The quantitative estimate of drug-likeness (QED) is 0.306. The maximum atomic E-state index is 9.72. The monoisotopic (exact) mass is 220 g/mol. The van der Waals surface area contributed by atoms with Gasteiger partial charge in [0.2, 0.25) is 0 Å². The summed E-state index contributed by atoms with van der Waals surface area (Å²) in [5, 5.41) is 18.1. The second-order valence-corrected chi connectivity index (χ2v) is 3.03. The van der Waals surface area contributed by atoms with E-state index in [0.29, 0.717) is 26.2 Å². The van der Waals surface area contributed by atoms with Crippen molar-refractivity contribution < 1.29 is 24.4 Å². The van der Waals surface area contributed by atoms with Crippen molar-refractivity contribution >= 4 is 0 Å². The van der Waals surface area contributed by atoms with Crippen LogP contribution >= 0.6 is 0 Å². The molecule has 0 aromatic heterocycles. The third-order valence-corrected chi connectivity index (χ3v) is 1.78. The second kappa shape index (κ2) is 8.82. The van der Waals surface area contributed by atoms with Crippen LogP contribution in [0.15, 0.2) is 12.7 Å². The van der Waals surface area contributed by atoms with Crippen LogP contribution in [0.3, 0.4) is 0 Å². The molecule has 0 rings (SSSR count). The molecule has 0 aromatic rings. The number of methoxy groups -OCH3 is 1. The van der Waals surface area contributed by atoms with Crippen LogP contribution in [-0.4, -0.2) is 56.1 Å². The Morgan fingerprint density at radius 3 is 2.47 bits per heavy atom. The van der Waals surface area contributed by atoms with Crippen molar-refractivity contribution in [2.75, 3.05) is 40.1 Å².